The van der Waals surface area contributed by atoms with E-state index in [1.807, 2.05) is 0 Å². The van der Waals surface area contributed by atoms with Crippen molar-refractivity contribution in [1.29, 1.82) is 0 Å². The lowest BCUT2D eigenvalue weighted by molar-refractivity contribution is -0.122. The molecule has 0 radical (unpaired) electrons. The maximum absolute atomic E-state index is 12.7. The quantitative estimate of drug-likeness (QED) is 0.666. The second-order valence-corrected chi connectivity index (χ2v) is 8.14. The van der Waals surface area contributed by atoms with Crippen molar-refractivity contribution < 1.29 is 27.4 Å². The van der Waals surface area contributed by atoms with Crippen molar-refractivity contribution in [2.75, 3.05) is 31.9 Å². The van der Waals surface area contributed by atoms with Crippen molar-refractivity contribution >= 4 is 21.6 Å². The lowest BCUT2D eigenvalue weighted by Gasteiger charge is -2.28. The van der Waals surface area contributed by atoms with Crippen LogP contribution < -0.4 is 23.8 Å². The number of hydrogen-bond donors (Lipinski definition) is 1. The van der Waals surface area contributed by atoms with E-state index >= 15 is 0 Å². The number of carbonyl (C=O) groups excluding carboxylic acids is 1. The van der Waals surface area contributed by atoms with Crippen LogP contribution in [0.3, 0.4) is 0 Å². The zero-order chi connectivity index (χ0) is 21.6. The molecule has 1 unspecified atom stereocenters. The van der Waals surface area contributed by atoms with Gasteiger partial charge >= 0.3 is 0 Å². The van der Waals surface area contributed by atoms with Crippen LogP contribution in [0.4, 0.5) is 5.69 Å². The number of ether oxygens (including phenoxy) is 3. The van der Waals surface area contributed by atoms with Crippen LogP contribution >= 0.6 is 0 Å². The third kappa shape index (κ3) is 5.11. The second kappa shape index (κ2) is 9.51. The molecule has 2 aromatic rings. The van der Waals surface area contributed by atoms with Gasteiger partial charge in [-0.1, -0.05) is 18.2 Å². The summed E-state index contributed by atoms with van der Waals surface area (Å²) in [6.45, 7) is 1.66. The van der Waals surface area contributed by atoms with E-state index in [1.165, 1.54) is 28.3 Å². The molecule has 158 valence electrons. The Morgan fingerprint density at radius 2 is 1.62 bits per heavy atom. The van der Waals surface area contributed by atoms with Crippen molar-refractivity contribution in [2.45, 2.75) is 19.5 Å². The molecule has 1 atom stereocenters. The van der Waals surface area contributed by atoms with Gasteiger partial charge in [0.05, 0.1) is 33.3 Å². The Hall–Kier alpha value is -2.94. The number of rotatable bonds is 9. The Bertz CT molecular complexity index is 947. The molecule has 0 aliphatic carbocycles. The fraction of sp³-hybridized carbons (Fsp3) is 0.350. The SMILES string of the molecule is COc1ccc(CNC(=O)C(C)N(c2ccccc2)S(C)(=O)=O)c(OC)c1OC. The van der Waals surface area contributed by atoms with Gasteiger partial charge in [0.25, 0.3) is 0 Å². The molecule has 1 N–H and O–H groups in total. The Labute approximate surface area is 171 Å². The molecule has 0 aliphatic heterocycles. The maximum Gasteiger partial charge on any atom is 0.243 e. The Kier molecular flexibility index (Phi) is 7.33. The number of benzene rings is 2. The molecule has 2 aromatic carbocycles. The number of anilines is 1. The summed E-state index contributed by atoms with van der Waals surface area (Å²) in [6, 6.07) is 11.0. The maximum atomic E-state index is 12.7. The molecule has 0 saturated heterocycles. The van der Waals surface area contributed by atoms with Gasteiger partial charge in [0.1, 0.15) is 6.04 Å². The van der Waals surface area contributed by atoms with Crippen molar-refractivity contribution in [3.8, 4) is 17.2 Å². The number of carbonyl (C=O) groups is 1. The van der Waals surface area contributed by atoms with Crippen LogP contribution in [-0.4, -0.2) is 48.0 Å². The van der Waals surface area contributed by atoms with Gasteiger partial charge in [-0.25, -0.2) is 8.42 Å². The van der Waals surface area contributed by atoms with Gasteiger partial charge in [0.2, 0.25) is 21.7 Å². The number of nitrogens with one attached hydrogen (secondary N) is 1. The van der Waals surface area contributed by atoms with Crippen molar-refractivity contribution in [3.05, 3.63) is 48.0 Å². The lowest BCUT2D eigenvalue weighted by atomic mass is 10.1. The van der Waals surface area contributed by atoms with E-state index in [0.29, 0.717) is 28.5 Å². The molecule has 0 aromatic heterocycles. The van der Waals surface area contributed by atoms with Crippen LogP contribution in [0.5, 0.6) is 17.2 Å². The van der Waals surface area contributed by atoms with Gasteiger partial charge < -0.3 is 19.5 Å². The first kappa shape index (κ1) is 22.4. The van der Waals surface area contributed by atoms with E-state index < -0.39 is 22.0 Å². The molecular formula is C20H26N2O6S. The number of methoxy groups -OCH3 is 3. The van der Waals surface area contributed by atoms with E-state index in [2.05, 4.69) is 5.32 Å². The molecule has 0 fully saturated rings. The molecule has 2 rings (SSSR count). The zero-order valence-electron chi connectivity index (χ0n) is 17.1. The van der Waals surface area contributed by atoms with Crippen LogP contribution in [0.1, 0.15) is 12.5 Å². The average Bonchev–Trinajstić information content (AvgIpc) is 2.70. The molecule has 0 aliphatic rings. The molecular weight excluding hydrogens is 396 g/mol. The second-order valence-electron chi connectivity index (χ2n) is 6.28. The summed E-state index contributed by atoms with van der Waals surface area (Å²) in [4.78, 5) is 12.7. The predicted molar refractivity (Wildman–Crippen MR) is 111 cm³/mol. The summed E-state index contributed by atoms with van der Waals surface area (Å²) in [6.07, 6.45) is 1.07. The zero-order valence-corrected chi connectivity index (χ0v) is 17.9. The highest BCUT2D eigenvalue weighted by molar-refractivity contribution is 7.92. The third-order valence-corrected chi connectivity index (χ3v) is 5.58. The topological polar surface area (TPSA) is 94.2 Å². The van der Waals surface area contributed by atoms with Gasteiger partial charge in [-0.15, -0.1) is 0 Å². The number of sulfonamides is 1. The number of amides is 1. The molecule has 0 spiro atoms. The van der Waals surface area contributed by atoms with Crippen molar-refractivity contribution in [2.24, 2.45) is 0 Å². The number of para-hydroxylation sites is 1. The van der Waals surface area contributed by atoms with Crippen LogP contribution in [0, 0.1) is 0 Å². The minimum atomic E-state index is -3.67. The highest BCUT2D eigenvalue weighted by Gasteiger charge is 2.29. The van der Waals surface area contributed by atoms with E-state index in [4.69, 9.17) is 14.2 Å². The first-order valence-corrected chi connectivity index (χ1v) is 10.7. The Balaban J connectivity index is 2.24. The first-order valence-electron chi connectivity index (χ1n) is 8.84. The van der Waals surface area contributed by atoms with Gasteiger partial charge in [-0.3, -0.25) is 9.10 Å². The van der Waals surface area contributed by atoms with Crippen molar-refractivity contribution in [1.82, 2.24) is 5.32 Å². The van der Waals surface area contributed by atoms with Crippen LogP contribution in [0.15, 0.2) is 42.5 Å². The normalized spacial score (nSPS) is 12.0. The summed E-state index contributed by atoms with van der Waals surface area (Å²) < 4.78 is 41.7. The van der Waals surface area contributed by atoms with E-state index in [9.17, 15) is 13.2 Å². The smallest absolute Gasteiger partial charge is 0.243 e. The average molecular weight is 423 g/mol. The van der Waals surface area contributed by atoms with Crippen LogP contribution in [-0.2, 0) is 21.4 Å². The standard InChI is InChI=1S/C20H26N2O6S/c1-14(22(29(5,24)25)16-9-7-6-8-10-16)20(23)21-13-15-11-12-17(26-2)19(28-4)18(15)27-3/h6-12,14H,13H2,1-5H3,(H,21,23). The fourth-order valence-corrected chi connectivity index (χ4v) is 4.19. The third-order valence-electron chi connectivity index (χ3n) is 4.34. The molecule has 0 saturated carbocycles. The van der Waals surface area contributed by atoms with E-state index in [0.717, 1.165) is 10.6 Å². The summed E-state index contributed by atoms with van der Waals surface area (Å²) in [5.74, 6) is 0.899. The minimum Gasteiger partial charge on any atom is -0.493 e. The monoisotopic (exact) mass is 422 g/mol. The lowest BCUT2D eigenvalue weighted by Crippen LogP contribution is -2.47. The molecule has 0 heterocycles. The van der Waals surface area contributed by atoms with E-state index in [-0.39, 0.29) is 6.54 Å². The van der Waals surface area contributed by atoms with Gasteiger partial charge in [0, 0.05) is 12.1 Å². The number of nitrogens with zero attached hydrogens (tertiary/aromatic N) is 1. The fourth-order valence-electron chi connectivity index (χ4n) is 3.02. The highest BCUT2D eigenvalue weighted by Crippen LogP contribution is 2.39. The largest absolute Gasteiger partial charge is 0.493 e. The summed E-state index contributed by atoms with van der Waals surface area (Å²) >= 11 is 0. The van der Waals surface area contributed by atoms with Crippen LogP contribution in [0.25, 0.3) is 0 Å². The Morgan fingerprint density at radius 3 is 2.14 bits per heavy atom. The summed E-state index contributed by atoms with van der Waals surface area (Å²) in [7, 11) is 0.838. The molecule has 9 heteroatoms. The van der Waals surface area contributed by atoms with Gasteiger partial charge in [-0.2, -0.15) is 0 Å². The predicted octanol–water partition coefficient (Wildman–Crippen LogP) is 2.18. The Morgan fingerprint density at radius 1 is 1.00 bits per heavy atom. The summed E-state index contributed by atoms with van der Waals surface area (Å²) in [5.41, 5.74) is 1.08. The first-order chi connectivity index (χ1) is 13.7. The summed E-state index contributed by atoms with van der Waals surface area (Å²) in [5, 5.41) is 2.76. The molecule has 8 nitrogen and oxygen atoms in total. The van der Waals surface area contributed by atoms with Crippen molar-refractivity contribution in [3.63, 3.8) is 0 Å². The highest BCUT2D eigenvalue weighted by atomic mass is 32.2. The number of hydrogen-bond acceptors (Lipinski definition) is 6. The van der Waals surface area contributed by atoms with Crippen LogP contribution in [0.2, 0.25) is 0 Å². The van der Waals surface area contributed by atoms with Gasteiger partial charge in [0.15, 0.2) is 11.5 Å². The van der Waals surface area contributed by atoms with Gasteiger partial charge in [-0.05, 0) is 31.2 Å². The molecule has 0 bridgehead atoms. The molecule has 29 heavy (non-hydrogen) atoms. The van der Waals surface area contributed by atoms with E-state index in [1.54, 1.807) is 42.5 Å². The minimum absolute atomic E-state index is 0.124. The molecule has 1 amide bonds.